The third-order valence-corrected chi connectivity index (χ3v) is 0. The molecule has 0 amide bonds. The zero-order valence-electron chi connectivity index (χ0n) is 3.34. The molecule has 0 unspecified atom stereocenters. The normalized spacial score (nSPS) is 1.00. The summed E-state index contributed by atoms with van der Waals surface area (Å²) in [6.07, 6.45) is 0. The standard InChI is InChI=1S/C2H5.3BrH.Hf/c1-2;;;;/h1H2,2H3;3*1H;/q-1;;;;+4/p-3. The first-order valence-electron chi connectivity index (χ1n) is 0.707. The van der Waals surface area contributed by atoms with Gasteiger partial charge in [0.05, 0.1) is 0 Å². The predicted molar refractivity (Wildman–Crippen MR) is 11.0 cm³/mol. The van der Waals surface area contributed by atoms with E-state index in [2.05, 4.69) is 6.92 Å². The summed E-state index contributed by atoms with van der Waals surface area (Å²) in [5.41, 5.74) is 0. The van der Waals surface area contributed by atoms with Crippen LogP contribution >= 0.6 is 0 Å². The quantitative estimate of drug-likeness (QED) is 0.256. The van der Waals surface area contributed by atoms with Crippen LogP contribution in [0.25, 0.3) is 0 Å². The van der Waals surface area contributed by atoms with Crippen molar-refractivity contribution >= 4 is 0 Å². The van der Waals surface area contributed by atoms with Gasteiger partial charge in [-0.1, -0.05) is 0 Å². The van der Waals surface area contributed by atoms with Crippen molar-refractivity contribution < 1.29 is 76.8 Å². The van der Waals surface area contributed by atoms with E-state index >= 15 is 0 Å². The molecule has 0 saturated carbocycles. The van der Waals surface area contributed by atoms with Crippen molar-refractivity contribution in [2.75, 3.05) is 0 Å². The van der Waals surface area contributed by atoms with Gasteiger partial charge in [0.25, 0.3) is 0 Å². The minimum Gasteiger partial charge on any atom is -1.00 e. The van der Waals surface area contributed by atoms with Gasteiger partial charge in [-0.2, -0.15) is 6.92 Å². The van der Waals surface area contributed by atoms with Crippen LogP contribution in [0.4, 0.5) is 0 Å². The zero-order chi connectivity index (χ0) is 2.00. The Labute approximate surface area is 89.6 Å². The summed E-state index contributed by atoms with van der Waals surface area (Å²) in [5.74, 6) is 0. The average Bonchev–Trinajstić information content (AvgIpc) is 1.00. The molecule has 0 aromatic carbocycles. The smallest absolute Gasteiger partial charge is 1.00 e. The molecule has 0 N–H and O–H groups in total. The first-order chi connectivity index (χ1) is 1.00. The van der Waals surface area contributed by atoms with Crippen molar-refractivity contribution in [3.05, 3.63) is 6.92 Å². The van der Waals surface area contributed by atoms with E-state index < -0.39 is 0 Å². The fourth-order valence-electron chi connectivity index (χ4n) is 0. The van der Waals surface area contributed by atoms with Crippen LogP contribution in [-0.2, 0) is 25.8 Å². The van der Waals surface area contributed by atoms with Crippen LogP contribution in [0.2, 0.25) is 0 Å². The van der Waals surface area contributed by atoms with Crippen molar-refractivity contribution in [2.45, 2.75) is 6.92 Å². The van der Waals surface area contributed by atoms with E-state index in [1.807, 2.05) is 0 Å². The molecule has 0 aliphatic rings. The second-order valence-electron chi connectivity index (χ2n) is 0. The third kappa shape index (κ3) is 33.3. The molecule has 0 fully saturated rings. The van der Waals surface area contributed by atoms with Crippen molar-refractivity contribution in [1.29, 1.82) is 0 Å². The molecule has 0 aliphatic heterocycles. The fourth-order valence-corrected chi connectivity index (χ4v) is 0. The van der Waals surface area contributed by atoms with E-state index in [1.165, 1.54) is 0 Å². The van der Waals surface area contributed by atoms with Gasteiger partial charge in [0.2, 0.25) is 0 Å². The second kappa shape index (κ2) is 54.5. The Bertz CT molecular complexity index is 8.75. The van der Waals surface area contributed by atoms with Gasteiger partial charge in [-0.25, -0.2) is 0 Å². The van der Waals surface area contributed by atoms with Crippen LogP contribution in [0.5, 0.6) is 0 Å². The van der Waals surface area contributed by atoms with Gasteiger partial charge in [-0.15, -0.1) is 0 Å². The summed E-state index contributed by atoms with van der Waals surface area (Å²) in [7, 11) is 0. The SMILES string of the molecule is [Br-].[Br-].[Br-].[CH2-]C.[Hf+4]. The molecular weight excluding hydrogens is 442 g/mol. The Morgan fingerprint density at radius 3 is 0.833 bits per heavy atom. The molecule has 0 spiro atoms. The maximum Gasteiger partial charge on any atom is 4.00 e. The van der Waals surface area contributed by atoms with E-state index in [-0.39, 0.29) is 76.8 Å². The van der Waals surface area contributed by atoms with Crippen LogP contribution in [0.1, 0.15) is 6.92 Å². The van der Waals surface area contributed by atoms with Gasteiger partial charge in [0.15, 0.2) is 0 Å². The molecular formula is C2H5Br3Hf. The van der Waals surface area contributed by atoms with E-state index in [0.29, 0.717) is 0 Å². The van der Waals surface area contributed by atoms with Crippen LogP contribution in [0, 0.1) is 6.92 Å². The third-order valence-electron chi connectivity index (χ3n) is 0. The van der Waals surface area contributed by atoms with Gasteiger partial charge in [0.1, 0.15) is 0 Å². The number of rotatable bonds is 0. The molecule has 0 nitrogen and oxygen atoms in total. The van der Waals surface area contributed by atoms with Crippen molar-refractivity contribution in [3.63, 3.8) is 0 Å². The Morgan fingerprint density at radius 2 is 0.833 bits per heavy atom. The number of hydrogen-bond donors (Lipinski definition) is 0. The molecule has 0 aromatic rings. The molecule has 4 heteroatoms. The van der Waals surface area contributed by atoms with Gasteiger partial charge in [-0.3, -0.25) is 0 Å². The van der Waals surface area contributed by atoms with E-state index in [1.54, 1.807) is 6.92 Å². The fraction of sp³-hybridized carbons (Fsp3) is 0.500. The monoisotopic (exact) mass is 446 g/mol. The first kappa shape index (κ1) is 40.5. The van der Waals surface area contributed by atoms with Gasteiger partial charge < -0.3 is 57.9 Å². The molecule has 0 heterocycles. The molecule has 0 saturated heterocycles. The zero-order valence-corrected chi connectivity index (χ0v) is 11.7. The number of halogens is 3. The van der Waals surface area contributed by atoms with Crippen molar-refractivity contribution in [2.24, 2.45) is 0 Å². The summed E-state index contributed by atoms with van der Waals surface area (Å²) in [5, 5.41) is 0. The van der Waals surface area contributed by atoms with Crippen LogP contribution in [0.15, 0.2) is 0 Å². The predicted octanol–water partition coefficient (Wildman–Crippen LogP) is -8.15. The summed E-state index contributed by atoms with van der Waals surface area (Å²) in [6.45, 7) is 5.00. The minimum atomic E-state index is 0. The van der Waals surface area contributed by atoms with Crippen molar-refractivity contribution in [1.82, 2.24) is 0 Å². The topological polar surface area (TPSA) is 0 Å². The van der Waals surface area contributed by atoms with Crippen LogP contribution in [0.3, 0.4) is 0 Å². The Balaban J connectivity index is -0.000000000833. The Morgan fingerprint density at radius 1 is 0.833 bits per heavy atom. The molecule has 0 aliphatic carbocycles. The summed E-state index contributed by atoms with van der Waals surface area (Å²) >= 11 is 0. The van der Waals surface area contributed by atoms with Crippen LogP contribution in [-0.4, -0.2) is 0 Å². The van der Waals surface area contributed by atoms with Gasteiger partial charge in [0, 0.05) is 0 Å². The molecule has 0 radical (unpaired) electrons. The molecule has 6 heavy (non-hydrogen) atoms. The van der Waals surface area contributed by atoms with E-state index in [4.69, 9.17) is 0 Å². The number of hydrogen-bond acceptors (Lipinski definition) is 0. The Kier molecular flexibility index (Phi) is 368. The maximum atomic E-state index is 3.25. The summed E-state index contributed by atoms with van der Waals surface area (Å²) < 4.78 is 0. The maximum absolute atomic E-state index is 3.25. The first-order valence-corrected chi connectivity index (χ1v) is 0.707. The average molecular weight is 447 g/mol. The largest absolute Gasteiger partial charge is 4.00 e. The van der Waals surface area contributed by atoms with Gasteiger partial charge >= 0.3 is 25.8 Å². The van der Waals surface area contributed by atoms with Crippen LogP contribution < -0.4 is 50.9 Å². The Hall–Kier alpha value is 2.31. The van der Waals surface area contributed by atoms with Gasteiger partial charge in [-0.05, 0) is 0 Å². The molecule has 0 rings (SSSR count). The summed E-state index contributed by atoms with van der Waals surface area (Å²) in [4.78, 5) is 0. The second-order valence-corrected chi connectivity index (χ2v) is 0. The molecule has 0 atom stereocenters. The molecule has 38 valence electrons. The van der Waals surface area contributed by atoms with E-state index in [9.17, 15) is 0 Å². The minimum absolute atomic E-state index is 0. The molecule has 0 aromatic heterocycles. The van der Waals surface area contributed by atoms with Crippen molar-refractivity contribution in [3.8, 4) is 0 Å². The van der Waals surface area contributed by atoms with E-state index in [0.717, 1.165) is 0 Å². The summed E-state index contributed by atoms with van der Waals surface area (Å²) in [6, 6.07) is 0. The molecule has 0 bridgehead atoms.